The maximum Gasteiger partial charge on any atom is 0.258 e. The summed E-state index contributed by atoms with van der Waals surface area (Å²) in [5.74, 6) is 0.275. The van der Waals surface area contributed by atoms with Crippen LogP contribution in [0.15, 0.2) is 24.3 Å². The van der Waals surface area contributed by atoms with Gasteiger partial charge in [0, 0.05) is 0 Å². The molecule has 0 aliphatic carbocycles. The molecule has 0 unspecified atom stereocenters. The van der Waals surface area contributed by atoms with Crippen LogP contribution >= 0.6 is 11.6 Å². The highest BCUT2D eigenvalue weighted by Crippen LogP contribution is 2.12. The predicted molar refractivity (Wildman–Crippen MR) is 56.6 cm³/mol. The first-order valence-electron chi connectivity index (χ1n) is 4.36. The lowest BCUT2D eigenvalue weighted by Crippen LogP contribution is -2.24. The number of rotatable bonds is 5. The summed E-state index contributed by atoms with van der Waals surface area (Å²) in [7, 11) is 1.59. The van der Waals surface area contributed by atoms with E-state index in [0.717, 1.165) is 11.3 Å². The van der Waals surface area contributed by atoms with Gasteiger partial charge in [-0.25, -0.2) is 5.48 Å². The molecule has 1 aromatic rings. The number of alkyl halides is 1. The van der Waals surface area contributed by atoms with Crippen LogP contribution in [0.5, 0.6) is 5.75 Å². The van der Waals surface area contributed by atoms with Gasteiger partial charge in [0.2, 0.25) is 0 Å². The van der Waals surface area contributed by atoms with E-state index in [-0.39, 0.29) is 18.4 Å². The first-order chi connectivity index (χ1) is 7.26. The summed E-state index contributed by atoms with van der Waals surface area (Å²) in [5.41, 5.74) is 3.11. The zero-order chi connectivity index (χ0) is 11.1. The lowest BCUT2D eigenvalue weighted by atomic mass is 10.2. The number of carbonyl (C=O) groups excluding carboxylic acids is 1. The number of nitrogens with one attached hydrogen (secondary N) is 1. The van der Waals surface area contributed by atoms with E-state index in [9.17, 15) is 4.79 Å². The Bertz CT molecular complexity index is 330. The number of hydrogen-bond donors (Lipinski definition) is 1. The summed E-state index contributed by atoms with van der Waals surface area (Å²) in [6.07, 6.45) is 0. The molecule has 0 bridgehead atoms. The lowest BCUT2D eigenvalue weighted by molar-refractivity contribution is -0.131. The maximum atomic E-state index is 10.7. The number of amides is 1. The van der Waals surface area contributed by atoms with Gasteiger partial charge in [-0.1, -0.05) is 12.1 Å². The fourth-order valence-electron chi connectivity index (χ4n) is 0.989. The molecule has 0 saturated heterocycles. The number of hydroxylamine groups is 1. The van der Waals surface area contributed by atoms with Crippen LogP contribution in [0.25, 0.3) is 0 Å². The molecular formula is C10H12ClNO3. The van der Waals surface area contributed by atoms with Crippen LogP contribution in [0.3, 0.4) is 0 Å². The molecule has 1 N–H and O–H groups in total. The van der Waals surface area contributed by atoms with Crippen molar-refractivity contribution < 1.29 is 14.4 Å². The highest BCUT2D eigenvalue weighted by atomic mass is 35.5. The number of hydrogen-bond acceptors (Lipinski definition) is 3. The maximum absolute atomic E-state index is 10.7. The number of halogens is 1. The van der Waals surface area contributed by atoms with Crippen molar-refractivity contribution in [2.45, 2.75) is 6.61 Å². The Morgan fingerprint density at radius 2 is 2.33 bits per heavy atom. The quantitative estimate of drug-likeness (QED) is 0.615. The number of ether oxygens (including phenoxy) is 1. The normalized spacial score (nSPS) is 9.73. The summed E-state index contributed by atoms with van der Waals surface area (Å²) in [5, 5.41) is 0. The molecule has 4 nitrogen and oxygen atoms in total. The molecule has 0 heterocycles. The third-order valence-corrected chi connectivity index (χ3v) is 1.92. The van der Waals surface area contributed by atoms with Crippen LogP contribution in [-0.4, -0.2) is 18.9 Å². The molecule has 0 saturated carbocycles. The molecule has 1 rings (SSSR count). The van der Waals surface area contributed by atoms with Crippen molar-refractivity contribution in [2.24, 2.45) is 0 Å². The van der Waals surface area contributed by atoms with Crippen molar-refractivity contribution in [3.8, 4) is 5.75 Å². The fourth-order valence-corrected chi connectivity index (χ4v) is 1.04. The lowest BCUT2D eigenvalue weighted by Gasteiger charge is -2.05. The molecule has 0 radical (unpaired) electrons. The Morgan fingerprint density at radius 1 is 1.53 bits per heavy atom. The second kappa shape index (κ2) is 6.27. The second-order valence-corrected chi connectivity index (χ2v) is 3.07. The van der Waals surface area contributed by atoms with E-state index in [1.54, 1.807) is 7.11 Å². The SMILES string of the molecule is COc1cccc(CONC(=O)CCl)c1. The van der Waals surface area contributed by atoms with Crippen molar-refractivity contribution in [3.05, 3.63) is 29.8 Å². The van der Waals surface area contributed by atoms with E-state index < -0.39 is 0 Å². The molecule has 0 aromatic heterocycles. The van der Waals surface area contributed by atoms with Crippen molar-refractivity contribution >= 4 is 17.5 Å². The molecule has 0 atom stereocenters. The Labute approximate surface area is 93.1 Å². The number of carbonyl (C=O) groups is 1. The summed E-state index contributed by atoms with van der Waals surface area (Å²) < 4.78 is 5.04. The molecule has 0 aliphatic heterocycles. The zero-order valence-electron chi connectivity index (χ0n) is 8.33. The topological polar surface area (TPSA) is 47.6 Å². The predicted octanol–water partition coefficient (Wildman–Crippen LogP) is 1.48. The first-order valence-corrected chi connectivity index (χ1v) is 4.89. The molecule has 0 spiro atoms. The van der Waals surface area contributed by atoms with E-state index in [0.29, 0.717) is 0 Å². The van der Waals surface area contributed by atoms with E-state index in [1.807, 2.05) is 24.3 Å². The van der Waals surface area contributed by atoms with Gasteiger partial charge in [0.05, 0.1) is 13.7 Å². The Balaban J connectivity index is 2.40. The molecule has 0 aliphatic rings. The average Bonchev–Trinajstić information content (AvgIpc) is 2.29. The van der Waals surface area contributed by atoms with Gasteiger partial charge in [-0.15, -0.1) is 11.6 Å². The van der Waals surface area contributed by atoms with Crippen LogP contribution in [-0.2, 0) is 16.2 Å². The van der Waals surface area contributed by atoms with Gasteiger partial charge >= 0.3 is 0 Å². The van der Waals surface area contributed by atoms with Gasteiger partial charge in [-0.3, -0.25) is 9.63 Å². The van der Waals surface area contributed by atoms with Gasteiger partial charge in [0.1, 0.15) is 11.6 Å². The monoisotopic (exact) mass is 229 g/mol. The summed E-state index contributed by atoms with van der Waals surface area (Å²) in [6, 6.07) is 7.38. The summed E-state index contributed by atoms with van der Waals surface area (Å²) in [6.45, 7) is 0.278. The van der Waals surface area contributed by atoms with Gasteiger partial charge in [0.15, 0.2) is 0 Å². The van der Waals surface area contributed by atoms with Crippen molar-refractivity contribution in [3.63, 3.8) is 0 Å². The van der Waals surface area contributed by atoms with Gasteiger partial charge in [0.25, 0.3) is 5.91 Å². The van der Waals surface area contributed by atoms with Crippen molar-refractivity contribution in [1.29, 1.82) is 0 Å². The third kappa shape index (κ3) is 4.18. The average molecular weight is 230 g/mol. The second-order valence-electron chi connectivity index (χ2n) is 2.80. The first kappa shape index (κ1) is 11.8. The highest BCUT2D eigenvalue weighted by molar-refractivity contribution is 6.27. The van der Waals surface area contributed by atoms with Crippen LogP contribution in [0.4, 0.5) is 0 Å². The minimum absolute atomic E-state index is 0.113. The van der Waals surface area contributed by atoms with E-state index >= 15 is 0 Å². The minimum atomic E-state index is -0.362. The molecule has 0 fully saturated rings. The minimum Gasteiger partial charge on any atom is -0.497 e. The standard InChI is InChI=1S/C10H12ClNO3/c1-14-9-4-2-3-8(5-9)7-15-12-10(13)6-11/h2-5H,6-7H2,1H3,(H,12,13). The Morgan fingerprint density at radius 3 is 3.00 bits per heavy atom. The molecule has 5 heteroatoms. The smallest absolute Gasteiger partial charge is 0.258 e. The van der Waals surface area contributed by atoms with Crippen LogP contribution in [0.1, 0.15) is 5.56 Å². The summed E-state index contributed by atoms with van der Waals surface area (Å²) in [4.78, 5) is 15.7. The molecule has 1 aromatic carbocycles. The van der Waals surface area contributed by atoms with Gasteiger partial charge in [-0.2, -0.15) is 0 Å². The highest BCUT2D eigenvalue weighted by Gasteiger charge is 1.99. The number of benzene rings is 1. The van der Waals surface area contributed by atoms with Crippen LogP contribution < -0.4 is 10.2 Å². The fraction of sp³-hybridized carbons (Fsp3) is 0.300. The summed E-state index contributed by atoms with van der Waals surface area (Å²) >= 11 is 5.27. The van der Waals surface area contributed by atoms with E-state index in [4.69, 9.17) is 21.2 Å². The van der Waals surface area contributed by atoms with Gasteiger partial charge in [-0.05, 0) is 17.7 Å². The van der Waals surface area contributed by atoms with Crippen LogP contribution in [0.2, 0.25) is 0 Å². The molecule has 82 valence electrons. The van der Waals surface area contributed by atoms with E-state index in [2.05, 4.69) is 5.48 Å². The van der Waals surface area contributed by atoms with Crippen molar-refractivity contribution in [2.75, 3.05) is 13.0 Å². The Kier molecular flexibility index (Phi) is 4.93. The number of methoxy groups -OCH3 is 1. The molecule has 1 amide bonds. The molecule has 15 heavy (non-hydrogen) atoms. The third-order valence-electron chi connectivity index (χ3n) is 1.68. The Hall–Kier alpha value is -1.26. The largest absolute Gasteiger partial charge is 0.497 e. The van der Waals surface area contributed by atoms with Crippen LogP contribution in [0, 0.1) is 0 Å². The van der Waals surface area contributed by atoms with E-state index in [1.165, 1.54) is 0 Å². The molecular weight excluding hydrogens is 218 g/mol. The van der Waals surface area contributed by atoms with Crippen molar-refractivity contribution in [1.82, 2.24) is 5.48 Å². The zero-order valence-corrected chi connectivity index (χ0v) is 9.08. The van der Waals surface area contributed by atoms with Gasteiger partial charge < -0.3 is 4.74 Å².